The van der Waals surface area contributed by atoms with Crippen molar-refractivity contribution in [3.63, 3.8) is 0 Å². The first-order valence-electron chi connectivity index (χ1n) is 3.61. The van der Waals surface area contributed by atoms with E-state index in [-0.39, 0.29) is 0 Å². The van der Waals surface area contributed by atoms with Crippen molar-refractivity contribution in [1.29, 1.82) is 0 Å². The van der Waals surface area contributed by atoms with Crippen LogP contribution < -0.4 is 0 Å². The van der Waals surface area contributed by atoms with Gasteiger partial charge in [0.25, 0.3) is 0 Å². The van der Waals surface area contributed by atoms with Gasteiger partial charge in [0.15, 0.2) is 0 Å². The van der Waals surface area contributed by atoms with Crippen LogP contribution in [-0.4, -0.2) is 11.6 Å². The van der Waals surface area contributed by atoms with Crippen molar-refractivity contribution in [2.24, 2.45) is 0 Å². The fourth-order valence-electron chi connectivity index (χ4n) is 1.41. The molecule has 10 heavy (non-hydrogen) atoms. The van der Waals surface area contributed by atoms with Crippen LogP contribution in [0.15, 0.2) is 6.07 Å². The van der Waals surface area contributed by atoms with E-state index in [1.54, 1.807) is 0 Å². The van der Waals surface area contributed by atoms with Crippen LogP contribution in [-0.2, 0) is 17.8 Å². The Balaban J connectivity index is 2.41. The fraction of sp³-hybridized carbons (Fsp3) is 0.500. The first-order chi connectivity index (χ1) is 4.86. The summed E-state index contributed by atoms with van der Waals surface area (Å²) in [6.45, 7) is 3.74. The number of hydrogen-bond donors (Lipinski definition) is 1. The molecule has 0 radical (unpaired) electrons. The smallest absolute Gasteiger partial charge is 0.0734 e. The van der Waals surface area contributed by atoms with Crippen LogP contribution in [0.1, 0.15) is 17.0 Å². The molecule has 0 unspecified atom stereocenters. The van der Waals surface area contributed by atoms with Gasteiger partial charge in [-0.25, -0.2) is 0 Å². The minimum Gasteiger partial charge on any atom is -0.376 e. The molecule has 2 heterocycles. The second kappa shape index (κ2) is 2.13. The summed E-state index contributed by atoms with van der Waals surface area (Å²) in [6.07, 6.45) is 1.04. The van der Waals surface area contributed by atoms with Gasteiger partial charge >= 0.3 is 0 Å². The molecule has 0 amide bonds. The average molecular weight is 137 g/mol. The van der Waals surface area contributed by atoms with Crippen molar-refractivity contribution in [2.45, 2.75) is 20.0 Å². The van der Waals surface area contributed by atoms with E-state index in [1.807, 2.05) is 0 Å². The Labute approximate surface area is 60.2 Å². The molecule has 0 spiro atoms. The largest absolute Gasteiger partial charge is 0.376 e. The zero-order valence-corrected chi connectivity index (χ0v) is 6.11. The summed E-state index contributed by atoms with van der Waals surface area (Å²) < 4.78 is 5.29. The van der Waals surface area contributed by atoms with Gasteiger partial charge in [0.1, 0.15) is 0 Å². The van der Waals surface area contributed by atoms with Gasteiger partial charge in [-0.3, -0.25) is 0 Å². The molecule has 0 aliphatic carbocycles. The second-order valence-corrected chi connectivity index (χ2v) is 2.76. The molecule has 54 valence electrons. The number of aryl methyl sites for hydroxylation is 1. The van der Waals surface area contributed by atoms with Crippen LogP contribution in [0, 0.1) is 6.92 Å². The lowest BCUT2D eigenvalue weighted by atomic mass is 10.2. The minimum atomic E-state index is 0.791. The van der Waals surface area contributed by atoms with Crippen LogP contribution in [0.5, 0.6) is 0 Å². The van der Waals surface area contributed by atoms with Crippen LogP contribution in [0.4, 0.5) is 0 Å². The molecule has 1 aliphatic rings. The molecule has 2 nitrogen and oxygen atoms in total. The molecule has 0 saturated heterocycles. The minimum absolute atomic E-state index is 0.791. The van der Waals surface area contributed by atoms with Crippen molar-refractivity contribution in [2.75, 3.05) is 6.61 Å². The van der Waals surface area contributed by atoms with Gasteiger partial charge in [0, 0.05) is 17.8 Å². The van der Waals surface area contributed by atoms with E-state index in [9.17, 15) is 0 Å². The number of nitrogens with one attached hydrogen (secondary N) is 1. The Hall–Kier alpha value is -0.760. The van der Waals surface area contributed by atoms with Crippen LogP contribution in [0.25, 0.3) is 0 Å². The van der Waals surface area contributed by atoms with E-state index in [2.05, 4.69) is 18.0 Å². The molecule has 1 aromatic heterocycles. The van der Waals surface area contributed by atoms with Crippen molar-refractivity contribution in [1.82, 2.24) is 4.98 Å². The van der Waals surface area contributed by atoms with Gasteiger partial charge in [-0.1, -0.05) is 0 Å². The summed E-state index contributed by atoms with van der Waals surface area (Å²) in [5.74, 6) is 0. The van der Waals surface area contributed by atoms with Crippen molar-refractivity contribution in [3.05, 3.63) is 23.0 Å². The van der Waals surface area contributed by atoms with Crippen molar-refractivity contribution >= 4 is 0 Å². The summed E-state index contributed by atoms with van der Waals surface area (Å²) in [5, 5.41) is 0. The molecule has 2 rings (SSSR count). The highest BCUT2D eigenvalue weighted by Gasteiger charge is 2.10. The number of hydrogen-bond acceptors (Lipinski definition) is 1. The lowest BCUT2D eigenvalue weighted by Crippen LogP contribution is -2.07. The second-order valence-electron chi connectivity index (χ2n) is 2.76. The van der Waals surface area contributed by atoms with E-state index in [4.69, 9.17) is 4.74 Å². The first-order valence-corrected chi connectivity index (χ1v) is 3.61. The van der Waals surface area contributed by atoms with Crippen molar-refractivity contribution in [3.8, 4) is 0 Å². The van der Waals surface area contributed by atoms with E-state index in [1.165, 1.54) is 17.0 Å². The molecule has 0 atom stereocenters. The maximum absolute atomic E-state index is 5.29. The first kappa shape index (κ1) is 5.98. The number of rotatable bonds is 0. The standard InChI is InChI=1S/C8H11NO/c1-6-4-7-5-10-3-2-8(7)9-6/h4,9H,2-3,5H2,1H3. The Morgan fingerprint density at radius 1 is 1.60 bits per heavy atom. The van der Waals surface area contributed by atoms with E-state index in [0.29, 0.717) is 0 Å². The van der Waals surface area contributed by atoms with Crippen molar-refractivity contribution < 1.29 is 4.74 Å². The molecule has 2 heteroatoms. The van der Waals surface area contributed by atoms with Gasteiger partial charge in [-0.15, -0.1) is 0 Å². The SMILES string of the molecule is Cc1cc2c([nH]1)CCOC2. The zero-order chi connectivity index (χ0) is 6.97. The van der Waals surface area contributed by atoms with E-state index < -0.39 is 0 Å². The van der Waals surface area contributed by atoms with Crippen LogP contribution in [0.3, 0.4) is 0 Å². The Morgan fingerprint density at radius 2 is 2.50 bits per heavy atom. The molecule has 0 bridgehead atoms. The van der Waals surface area contributed by atoms with Gasteiger partial charge in [0.05, 0.1) is 13.2 Å². The predicted molar refractivity (Wildman–Crippen MR) is 38.9 cm³/mol. The summed E-state index contributed by atoms with van der Waals surface area (Å²) in [7, 11) is 0. The molecule has 1 aliphatic heterocycles. The maximum Gasteiger partial charge on any atom is 0.0734 e. The molecule has 1 aromatic rings. The highest BCUT2D eigenvalue weighted by Crippen LogP contribution is 2.16. The summed E-state index contributed by atoms with van der Waals surface area (Å²) in [4.78, 5) is 3.32. The molecule has 0 saturated carbocycles. The predicted octanol–water partition coefficient (Wildman–Crippen LogP) is 1.40. The summed E-state index contributed by atoms with van der Waals surface area (Å²) in [5.41, 5.74) is 3.95. The van der Waals surface area contributed by atoms with Gasteiger partial charge in [0.2, 0.25) is 0 Å². The third-order valence-corrected chi connectivity index (χ3v) is 1.88. The normalized spacial score (nSPS) is 16.9. The number of aromatic amines is 1. The van der Waals surface area contributed by atoms with Gasteiger partial charge in [-0.05, 0) is 18.6 Å². The van der Waals surface area contributed by atoms with Gasteiger partial charge in [-0.2, -0.15) is 0 Å². The van der Waals surface area contributed by atoms with Crippen LogP contribution in [0.2, 0.25) is 0 Å². The summed E-state index contributed by atoms with van der Waals surface area (Å²) >= 11 is 0. The van der Waals surface area contributed by atoms with E-state index >= 15 is 0 Å². The lowest BCUT2D eigenvalue weighted by Gasteiger charge is -2.10. The maximum atomic E-state index is 5.29. The Morgan fingerprint density at radius 3 is 3.30 bits per heavy atom. The van der Waals surface area contributed by atoms with E-state index in [0.717, 1.165) is 19.6 Å². The number of fused-ring (bicyclic) bond motifs is 1. The quantitative estimate of drug-likeness (QED) is 0.574. The molecular weight excluding hydrogens is 126 g/mol. The molecule has 0 aromatic carbocycles. The van der Waals surface area contributed by atoms with Gasteiger partial charge < -0.3 is 9.72 Å². The Bertz CT molecular complexity index is 216. The topological polar surface area (TPSA) is 25.0 Å². The Kier molecular flexibility index (Phi) is 1.27. The molecule has 1 N–H and O–H groups in total. The monoisotopic (exact) mass is 137 g/mol. The third kappa shape index (κ3) is 0.847. The lowest BCUT2D eigenvalue weighted by molar-refractivity contribution is 0.110. The number of ether oxygens (including phenoxy) is 1. The average Bonchev–Trinajstić information content (AvgIpc) is 2.27. The van der Waals surface area contributed by atoms with Crippen LogP contribution >= 0.6 is 0 Å². The number of aromatic nitrogens is 1. The zero-order valence-electron chi connectivity index (χ0n) is 6.11. The fourth-order valence-corrected chi connectivity index (χ4v) is 1.41. The molecular formula is C8H11NO. The highest BCUT2D eigenvalue weighted by molar-refractivity contribution is 5.25. The third-order valence-electron chi connectivity index (χ3n) is 1.88. The highest BCUT2D eigenvalue weighted by atomic mass is 16.5. The summed E-state index contributed by atoms with van der Waals surface area (Å²) in [6, 6.07) is 2.16. The molecule has 0 fully saturated rings. The number of H-pyrrole nitrogens is 1.